The zero-order valence-corrected chi connectivity index (χ0v) is 95.5. The second-order valence-corrected chi connectivity index (χ2v) is 39.7. The largest absolute Gasteiger partial charge is 1.00 e. The van der Waals surface area contributed by atoms with Gasteiger partial charge in [0.15, 0.2) is 37.7 Å². The Labute approximate surface area is 904 Å². The second-order valence-electron chi connectivity index (χ2n) is 22.7. The maximum Gasteiger partial charge on any atom is 1.00 e. The van der Waals surface area contributed by atoms with Gasteiger partial charge in [-0.1, -0.05) is 133 Å². The maximum atomic E-state index is 12.1. The zero-order chi connectivity index (χ0) is 94.8. The number of thioether (sulfide) groups is 1. The molecule has 1 unspecified atom stereocenters. The number of Topliss-reactive ketones (excluding diaryl/α,β-unsaturated/α-hetero) is 1. The molecule has 2 aromatic carbocycles. The average molecular weight is 2650 g/mol. The molecule has 9 aromatic heterocycles. The molecule has 6 N–H and O–H groups in total. The standard InChI is InChI=1S/C15H11Br2NOS.C11H12BrNO2S.C10H9BrN2O2S.C8H5NOS.C7H6Br2N2S.C6H2BrClN2S.C6H4BrN3S.C5H4Br2N2.C4H8O2.C3H7NO2.C2H6.CH4S.CH4.2ClH.Cu.Na.H/c16-11-6-13(17)14(18-9-11)7-12(20)8-15(19)10-4-2-1-3-5-10;1-2-15-11(14)5-8-4-9-10(16-8)3-7(12)6-13-9;1-2-15-9(14)4-8-13-10-7(16-8)3-6(11)5-12-10;10-8(9-6-11)7-4-2-1-3-5-7;8-4-1-5(9)6(11-3-4)2-7(10)12;2*7-3-1-4-5(9-2-3)10-6(8)11-4;6-3-1-4(7)5(8)9-2-3;1-3-6-4(2)5;1-3(2)6-4-5;2*1-2;;;;;;/h1-6,9H,7-8H2;5-6,10H,2-4H2,1H3;3,5H,2,4H2,1H3;1-5H;1,3H,2H2,(H2,10,12);1-2H;1-2H,(H2,8,9,10);1-2H,(H2,8,9);3H2,1-2H3;3H,1-2H3;1-2H3;2H,1H3;1H4;2*1H;;;/q;;;;;;;;;;;;;;;+2;+1;-1/p-2/b;8-5+;;;;;;;;;;;;;;;;/i;;;;;;;;;;;1D;;;;;;. The van der Waals surface area contributed by atoms with Gasteiger partial charge in [0.1, 0.15) is 16.9 Å². The van der Waals surface area contributed by atoms with Crippen molar-refractivity contribution in [3.05, 3.63) is 233 Å². The minimum absolute atomic E-state index is 0. The first-order valence-electron chi connectivity index (χ1n) is 36.0. The molecule has 2 aliphatic rings. The fraction of sp³-hybridized carbons (Fsp3) is 0.266. The van der Waals surface area contributed by atoms with Crippen molar-refractivity contribution in [2.24, 2.45) is 21.1 Å². The quantitative estimate of drug-likeness (QED) is 0.00667. The molecule has 25 nitrogen and oxygen atoms in total. The van der Waals surface area contributed by atoms with Crippen LogP contribution in [0.4, 0.5) is 10.9 Å². The number of ether oxygens (including phenoxy) is 3. The van der Waals surface area contributed by atoms with Crippen molar-refractivity contribution < 1.29 is 88.5 Å². The van der Waals surface area contributed by atoms with E-state index in [0.717, 1.165) is 117 Å². The van der Waals surface area contributed by atoms with Gasteiger partial charge in [0.05, 0.1) is 71.6 Å². The molecule has 1 atom stereocenters. The molecule has 11 heterocycles. The van der Waals surface area contributed by atoms with Crippen molar-refractivity contribution in [2.45, 2.75) is 113 Å². The summed E-state index contributed by atoms with van der Waals surface area (Å²) in [6.07, 6.45) is 17.0. The maximum absolute atomic E-state index is 12.1. The van der Waals surface area contributed by atoms with Gasteiger partial charge in [-0.3, -0.25) is 34.1 Å². The SMILES string of the molecule is C.CC.CC(C)ON=O.CCOC(=O)/C=C1\CC2=NC=C(Br)CC2S1.CCOC(=O)Cc1nc2ncc(Br)cc2s1.CCOC(C)=O.Clc1nc2ncc(Br)cc2s1.NC(=S)Cc1ncc(Br)cc1Br.Nc1nc2ncc(Br)cc2s1.Nc1ncc(Br)cc1Br.O=C(CC(=S)Cc1ncc(Br)cc1Br)c1ccccc1.O=C(N=C=S)c1ccccc1.[2H]CS.[Cl][Cu][Cl].[H-].[Na+]. The number of anilines is 2. The number of fused-ring (bicyclic) bond motifs is 4. The van der Waals surface area contributed by atoms with E-state index >= 15 is 0 Å². The van der Waals surface area contributed by atoms with E-state index in [1.165, 1.54) is 40.9 Å². The first kappa shape index (κ1) is 124. The van der Waals surface area contributed by atoms with E-state index in [9.17, 15) is 24.0 Å². The molecule has 48 heteroatoms. The van der Waals surface area contributed by atoms with Gasteiger partial charge in [0.2, 0.25) is 0 Å². The molecule has 1 amide bonds. The molecule has 0 aliphatic carbocycles. The van der Waals surface area contributed by atoms with Crippen molar-refractivity contribution >= 4 is 378 Å². The van der Waals surface area contributed by atoms with Crippen LogP contribution < -0.4 is 46.8 Å². The number of esters is 3. The number of nitrogens with two attached hydrogens (primary N) is 3. The molecule has 1 fully saturated rings. The van der Waals surface area contributed by atoms with Gasteiger partial charge in [0.25, 0.3) is 5.91 Å². The predicted molar refractivity (Wildman–Crippen MR) is 566 cm³/mol. The van der Waals surface area contributed by atoms with Crippen LogP contribution in [0.3, 0.4) is 0 Å². The van der Waals surface area contributed by atoms with E-state index in [1.54, 1.807) is 119 Å². The van der Waals surface area contributed by atoms with E-state index in [-0.39, 0.29) is 93.2 Å². The first-order valence-corrected chi connectivity index (χ1v) is 51.4. The summed E-state index contributed by atoms with van der Waals surface area (Å²) in [5.74, 6) is -0.503. The van der Waals surface area contributed by atoms with Crippen molar-refractivity contribution in [3.8, 4) is 0 Å². The number of thiocarbonyl (C=S) groups is 3. The van der Waals surface area contributed by atoms with E-state index in [2.05, 4.69) is 274 Å². The van der Waals surface area contributed by atoms with E-state index in [0.29, 0.717) is 85.6 Å². The molecule has 1 saturated heterocycles. The van der Waals surface area contributed by atoms with Crippen molar-refractivity contribution in [2.75, 3.05) is 37.5 Å². The number of amides is 1. The summed E-state index contributed by atoms with van der Waals surface area (Å²) < 4.78 is 33.0. The number of nitrogen functional groups attached to an aromatic ring is 2. The molecule has 11 aromatic rings. The van der Waals surface area contributed by atoms with Crippen LogP contribution in [0.1, 0.15) is 122 Å². The number of aliphatic imine (C=N–C) groups is 2. The van der Waals surface area contributed by atoms with Gasteiger partial charge < -0.3 is 37.7 Å². The number of allylic oxidation sites excluding steroid dienone is 2. The third-order valence-corrected chi connectivity index (χ3v) is 23.0. The van der Waals surface area contributed by atoms with Gasteiger partial charge in [0, 0.05) is 145 Å². The normalized spacial score (nSPS) is 11.6. The number of pyridine rings is 6. The minimum Gasteiger partial charge on any atom is -1.00 e. The third-order valence-electron chi connectivity index (χ3n) is 13.1. The Morgan fingerprint density at radius 1 is 0.669 bits per heavy atom. The number of carbonyl (C=O) groups is 5. The number of aromatic nitrogens is 9. The van der Waals surface area contributed by atoms with Crippen molar-refractivity contribution in [1.82, 2.24) is 44.9 Å². The van der Waals surface area contributed by atoms with Crippen LogP contribution in [-0.4, -0.2) is 133 Å². The topological polar surface area (TPSA) is 370 Å². The Hall–Kier alpha value is -3.42. The average Bonchev–Trinajstić information content (AvgIpc) is 1.70. The monoisotopic (exact) mass is 2640 g/mol. The summed E-state index contributed by atoms with van der Waals surface area (Å²) in [6.45, 7) is 15.5. The van der Waals surface area contributed by atoms with Crippen LogP contribution in [0.2, 0.25) is 4.47 Å². The predicted octanol–water partition coefficient (Wildman–Crippen LogP) is 24.4. The van der Waals surface area contributed by atoms with E-state index < -0.39 is 0 Å². The number of hydrogen-bond donors (Lipinski definition) is 4. The number of thiazole rings is 3. The fourth-order valence-corrected chi connectivity index (χ4v) is 18.2. The number of carbonyl (C=O) groups excluding carboxylic acids is 5. The molecule has 2 aliphatic heterocycles. The number of hydrogen-bond acceptors (Lipinski definition) is 31. The number of rotatable bonds is 16. The minimum atomic E-state index is -0.347. The number of ketones is 1. The van der Waals surface area contributed by atoms with Gasteiger partial charge in [-0.05, 0) is 256 Å². The number of thiol groups is 1. The van der Waals surface area contributed by atoms with Gasteiger partial charge >= 0.3 is 80.8 Å². The summed E-state index contributed by atoms with van der Waals surface area (Å²) in [4.78, 5) is 115. The number of nitrogens with zero attached hydrogens (tertiary/aromatic N) is 12. The molecular formula is C79H83Br10Cl3CuN15NaO10S8. The Morgan fingerprint density at radius 3 is 1.56 bits per heavy atom. The zero-order valence-electron chi connectivity index (χ0n) is 69.8. The molecule has 0 spiro atoms. The molecule has 0 saturated carbocycles. The Bertz CT molecular complexity index is 5380. The second kappa shape index (κ2) is 73.9. The molecule has 0 radical (unpaired) electrons. The molecule has 127 heavy (non-hydrogen) atoms. The number of isothiocyanates is 1. The van der Waals surface area contributed by atoms with Crippen LogP contribution in [0.25, 0.3) is 31.0 Å². The Morgan fingerprint density at radius 2 is 1.12 bits per heavy atom. The van der Waals surface area contributed by atoms with Crippen molar-refractivity contribution in [1.29, 1.82) is 0 Å². The number of benzene rings is 2. The summed E-state index contributed by atoms with van der Waals surface area (Å²) in [6, 6.07) is 29.5. The Balaban J connectivity index is -0.00000137. The van der Waals surface area contributed by atoms with Gasteiger partial charge in [-0.15, -0.1) is 39.3 Å². The molecule has 13 rings (SSSR count). The van der Waals surface area contributed by atoms with Crippen LogP contribution in [0.5, 0.6) is 0 Å². The Kier molecular flexibility index (Phi) is 71.9. The molecule has 685 valence electrons. The molecule has 0 bridgehead atoms. The van der Waals surface area contributed by atoms with Crippen LogP contribution in [-0.2, 0) is 65.8 Å². The first-order chi connectivity index (χ1) is 59.9. The summed E-state index contributed by atoms with van der Waals surface area (Å²) in [5.41, 5.74) is 22.5. The smallest absolute Gasteiger partial charge is 1.00 e. The van der Waals surface area contributed by atoms with Crippen LogP contribution >= 0.6 is 286 Å². The summed E-state index contributed by atoms with van der Waals surface area (Å²) in [7, 11) is 9.34. The van der Waals surface area contributed by atoms with E-state index in [1.807, 2.05) is 92.8 Å². The summed E-state index contributed by atoms with van der Waals surface area (Å²) >= 11 is 63.7. The van der Waals surface area contributed by atoms with Crippen LogP contribution in [0, 0.1) is 4.91 Å². The van der Waals surface area contributed by atoms with Crippen LogP contribution in [0.15, 0.2) is 211 Å². The summed E-state index contributed by atoms with van der Waals surface area (Å²) in [5, 5.41) is 5.89. The van der Waals surface area contributed by atoms with Gasteiger partial charge in [-0.2, -0.15) is 17.6 Å². The van der Waals surface area contributed by atoms with Crippen molar-refractivity contribution in [3.63, 3.8) is 0 Å². The fourth-order valence-electron chi connectivity index (χ4n) is 8.36. The van der Waals surface area contributed by atoms with Gasteiger partial charge in [-0.25, -0.2) is 39.7 Å². The molecular weight excluding hydrogens is 2570 g/mol. The third kappa shape index (κ3) is 55.9. The number of halogens is 13. The van der Waals surface area contributed by atoms with E-state index in [4.69, 9.17) is 69.0 Å².